The standard InChI is InChI=1S/C35H35F6N3O5/c1-19-31(23-14-24(34(36,37)38)17-25(15-23)35(39,40)41)49-33(46)44(19)18-28-26(8-10-30(42-28)43-11-4-12-43)27-16-21(7-9-29(27)47-2)20-5-6-22(13-20)32(45)48-3/h7-10,14-17,19-20,22,31H,4-6,11-13,18H2,1-3H3/t19-,20+,22-,31-/m0/s1. The third kappa shape index (κ3) is 6.86. The number of halogens is 6. The quantitative estimate of drug-likeness (QED) is 0.174. The molecule has 8 nitrogen and oxygen atoms in total. The van der Waals surface area contributed by atoms with E-state index < -0.39 is 47.3 Å². The molecule has 1 amide bonds. The predicted octanol–water partition coefficient (Wildman–Crippen LogP) is 8.14. The summed E-state index contributed by atoms with van der Waals surface area (Å²) in [5, 5.41) is 0. The van der Waals surface area contributed by atoms with Gasteiger partial charge in [0.15, 0.2) is 0 Å². The maximum Gasteiger partial charge on any atom is 0.416 e. The lowest BCUT2D eigenvalue weighted by atomic mass is 9.91. The summed E-state index contributed by atoms with van der Waals surface area (Å²) in [6.45, 7) is 2.95. The molecule has 0 N–H and O–H groups in total. The van der Waals surface area contributed by atoms with E-state index in [4.69, 9.17) is 19.2 Å². The molecule has 2 aliphatic heterocycles. The molecule has 1 aliphatic carbocycles. The van der Waals surface area contributed by atoms with Crippen LogP contribution in [0.25, 0.3) is 11.1 Å². The highest BCUT2D eigenvalue weighted by molar-refractivity contribution is 5.77. The Bertz CT molecular complexity index is 1710. The van der Waals surface area contributed by atoms with Crippen molar-refractivity contribution in [1.82, 2.24) is 9.88 Å². The Balaban J connectivity index is 1.36. The summed E-state index contributed by atoms with van der Waals surface area (Å²) >= 11 is 0. The molecule has 262 valence electrons. The van der Waals surface area contributed by atoms with Crippen molar-refractivity contribution in [2.24, 2.45) is 5.92 Å². The number of carbonyl (C=O) groups excluding carboxylic acids is 2. The summed E-state index contributed by atoms with van der Waals surface area (Å²) in [5.74, 6) is 0.849. The highest BCUT2D eigenvalue weighted by atomic mass is 19.4. The summed E-state index contributed by atoms with van der Waals surface area (Å²) in [7, 11) is 2.90. The molecular weight excluding hydrogens is 656 g/mol. The minimum absolute atomic E-state index is 0.0445. The van der Waals surface area contributed by atoms with Crippen LogP contribution in [0.15, 0.2) is 48.5 Å². The van der Waals surface area contributed by atoms with Gasteiger partial charge in [0.25, 0.3) is 0 Å². The fraction of sp³-hybridized carbons (Fsp3) is 0.457. The zero-order valence-electron chi connectivity index (χ0n) is 27.0. The lowest BCUT2D eigenvalue weighted by molar-refractivity contribution is -0.145. The van der Waals surface area contributed by atoms with Crippen LogP contribution in [0.3, 0.4) is 0 Å². The number of aromatic nitrogens is 1. The number of benzene rings is 2. The predicted molar refractivity (Wildman–Crippen MR) is 166 cm³/mol. The van der Waals surface area contributed by atoms with E-state index in [2.05, 4.69) is 4.90 Å². The first-order chi connectivity index (χ1) is 23.2. The molecule has 0 radical (unpaired) electrons. The molecule has 3 aromatic rings. The Morgan fingerprint density at radius 1 is 0.918 bits per heavy atom. The lowest BCUT2D eigenvalue weighted by Crippen LogP contribution is -2.38. The lowest BCUT2D eigenvalue weighted by Gasteiger charge is -2.33. The zero-order valence-corrected chi connectivity index (χ0v) is 27.0. The zero-order chi connectivity index (χ0) is 35.2. The van der Waals surface area contributed by atoms with Gasteiger partial charge in [0.05, 0.1) is 49.5 Å². The first kappa shape index (κ1) is 34.4. The van der Waals surface area contributed by atoms with Crippen molar-refractivity contribution in [3.05, 3.63) is 76.5 Å². The Labute approximate surface area is 278 Å². The molecule has 2 saturated heterocycles. The number of carbonyl (C=O) groups is 2. The molecule has 6 rings (SSSR count). The Kier molecular flexibility index (Phi) is 9.18. The fourth-order valence-corrected chi connectivity index (χ4v) is 6.90. The number of esters is 1. The summed E-state index contributed by atoms with van der Waals surface area (Å²) < 4.78 is 97.9. The van der Waals surface area contributed by atoms with Crippen LogP contribution < -0.4 is 9.64 Å². The molecule has 0 spiro atoms. The number of anilines is 1. The molecule has 0 bridgehead atoms. The molecule has 1 aromatic heterocycles. The monoisotopic (exact) mass is 691 g/mol. The van der Waals surface area contributed by atoms with Crippen molar-refractivity contribution in [3.8, 4) is 16.9 Å². The highest BCUT2D eigenvalue weighted by Gasteiger charge is 2.44. The van der Waals surface area contributed by atoms with Gasteiger partial charge in [-0.15, -0.1) is 0 Å². The Hall–Kier alpha value is -4.49. The van der Waals surface area contributed by atoms with E-state index in [1.54, 1.807) is 0 Å². The number of cyclic esters (lactones) is 1. The van der Waals surface area contributed by atoms with Gasteiger partial charge in [-0.25, -0.2) is 9.78 Å². The molecule has 49 heavy (non-hydrogen) atoms. The van der Waals surface area contributed by atoms with Crippen molar-refractivity contribution in [2.45, 2.75) is 69.6 Å². The first-order valence-electron chi connectivity index (χ1n) is 16.0. The van der Waals surface area contributed by atoms with Gasteiger partial charge in [0.2, 0.25) is 0 Å². The molecule has 3 fully saturated rings. The van der Waals surface area contributed by atoms with Crippen molar-refractivity contribution >= 4 is 17.9 Å². The summed E-state index contributed by atoms with van der Waals surface area (Å²) in [6.07, 6.45) is -9.31. The van der Waals surface area contributed by atoms with Gasteiger partial charge in [-0.3, -0.25) is 9.69 Å². The number of hydrogen-bond donors (Lipinski definition) is 0. The van der Waals surface area contributed by atoms with E-state index >= 15 is 0 Å². The smallest absolute Gasteiger partial charge is 0.416 e. The van der Waals surface area contributed by atoms with E-state index in [1.807, 2.05) is 30.3 Å². The molecule has 1 saturated carbocycles. The van der Waals surface area contributed by atoms with Crippen molar-refractivity contribution in [3.63, 3.8) is 0 Å². The van der Waals surface area contributed by atoms with E-state index in [1.165, 1.54) is 26.0 Å². The van der Waals surface area contributed by atoms with Gasteiger partial charge in [0, 0.05) is 24.2 Å². The number of pyridine rings is 1. The number of ether oxygens (including phenoxy) is 3. The molecule has 3 aliphatic rings. The number of amides is 1. The minimum atomic E-state index is -5.05. The second-order valence-corrected chi connectivity index (χ2v) is 12.7. The average Bonchev–Trinajstić information content (AvgIpc) is 3.64. The van der Waals surface area contributed by atoms with Gasteiger partial charge in [-0.2, -0.15) is 26.3 Å². The number of hydrogen-bond acceptors (Lipinski definition) is 7. The number of nitrogens with zero attached hydrogens (tertiary/aromatic N) is 3. The van der Waals surface area contributed by atoms with E-state index in [-0.39, 0.29) is 30.4 Å². The van der Waals surface area contributed by atoms with Gasteiger partial charge >= 0.3 is 24.4 Å². The number of methoxy groups -OCH3 is 2. The van der Waals surface area contributed by atoms with E-state index in [0.29, 0.717) is 53.4 Å². The SMILES string of the molecule is COC(=O)[C@H]1CC[C@@H](c2ccc(OC)c(-c3ccc(N4CCC4)nc3CN3C(=O)O[C@H](c4cc(C(F)(F)F)cc(C(F)(F)F)c4)[C@@H]3C)c2)C1. The van der Waals surface area contributed by atoms with Crippen LogP contribution in [0, 0.1) is 5.92 Å². The van der Waals surface area contributed by atoms with Crippen LogP contribution >= 0.6 is 0 Å². The van der Waals surface area contributed by atoms with E-state index in [9.17, 15) is 35.9 Å². The molecule has 2 aromatic carbocycles. The molecule has 0 unspecified atom stereocenters. The van der Waals surface area contributed by atoms with Crippen molar-refractivity contribution in [2.75, 3.05) is 32.2 Å². The van der Waals surface area contributed by atoms with Gasteiger partial charge in [-0.1, -0.05) is 6.07 Å². The highest BCUT2D eigenvalue weighted by Crippen LogP contribution is 2.44. The van der Waals surface area contributed by atoms with E-state index in [0.717, 1.165) is 31.5 Å². The minimum Gasteiger partial charge on any atom is -0.496 e. The maximum atomic E-state index is 13.6. The van der Waals surface area contributed by atoms with Gasteiger partial charge < -0.3 is 19.1 Å². The summed E-state index contributed by atoms with van der Waals surface area (Å²) in [4.78, 5) is 33.7. The maximum absolute atomic E-state index is 13.6. The van der Waals surface area contributed by atoms with Gasteiger partial charge in [0.1, 0.15) is 17.7 Å². The average molecular weight is 692 g/mol. The Morgan fingerprint density at radius 3 is 2.20 bits per heavy atom. The third-order valence-electron chi connectivity index (χ3n) is 9.74. The molecule has 14 heteroatoms. The van der Waals surface area contributed by atoms with Crippen LogP contribution in [-0.2, 0) is 33.2 Å². The first-order valence-corrected chi connectivity index (χ1v) is 16.0. The largest absolute Gasteiger partial charge is 0.496 e. The van der Waals surface area contributed by atoms with Crippen molar-refractivity contribution < 1.29 is 50.1 Å². The topological polar surface area (TPSA) is 81.2 Å². The second kappa shape index (κ2) is 13.1. The molecule has 4 atom stereocenters. The van der Waals surface area contributed by atoms with Crippen LogP contribution in [0.4, 0.5) is 37.0 Å². The second-order valence-electron chi connectivity index (χ2n) is 12.7. The Morgan fingerprint density at radius 2 is 1.61 bits per heavy atom. The van der Waals surface area contributed by atoms with Gasteiger partial charge in [-0.05, 0) is 92.1 Å². The number of rotatable bonds is 8. The van der Waals surface area contributed by atoms with Crippen LogP contribution in [0.5, 0.6) is 5.75 Å². The molecule has 3 heterocycles. The third-order valence-corrected chi connectivity index (χ3v) is 9.74. The summed E-state index contributed by atoms with van der Waals surface area (Å²) in [6, 6.07) is 9.77. The normalized spacial score (nSPS) is 22.6. The summed E-state index contributed by atoms with van der Waals surface area (Å²) in [5.41, 5.74) is -0.642. The van der Waals surface area contributed by atoms with Crippen LogP contribution in [0.2, 0.25) is 0 Å². The van der Waals surface area contributed by atoms with Crippen LogP contribution in [0.1, 0.15) is 72.6 Å². The van der Waals surface area contributed by atoms with Crippen molar-refractivity contribution in [1.29, 1.82) is 0 Å². The molecular formula is C35H35F6N3O5. The van der Waals surface area contributed by atoms with Crippen LogP contribution in [-0.4, -0.2) is 55.3 Å². The fourth-order valence-electron chi connectivity index (χ4n) is 6.90. The number of alkyl halides is 6.